The Bertz CT molecular complexity index is 1220. The molecule has 0 N–H and O–H groups in total. The number of carbonyl (C=O) groups excluding carboxylic acids is 2. The Kier molecular flexibility index (Phi) is 6.96. The van der Waals surface area contributed by atoms with E-state index in [2.05, 4.69) is 47.5 Å². The summed E-state index contributed by atoms with van der Waals surface area (Å²) in [5.41, 5.74) is 4.30. The van der Waals surface area contributed by atoms with Gasteiger partial charge in [0, 0.05) is 37.1 Å². The number of hydrogen-bond acceptors (Lipinski definition) is 4. The van der Waals surface area contributed by atoms with Gasteiger partial charge in [0.25, 0.3) is 5.91 Å². The van der Waals surface area contributed by atoms with Crippen molar-refractivity contribution < 1.29 is 9.59 Å². The Morgan fingerprint density at radius 1 is 1.03 bits per heavy atom. The van der Waals surface area contributed by atoms with E-state index in [9.17, 15) is 9.59 Å². The zero-order valence-electron chi connectivity index (χ0n) is 20.1. The normalized spacial score (nSPS) is 20.5. The minimum Gasteiger partial charge on any atom is -0.338 e. The minimum absolute atomic E-state index is 0.0735. The molecule has 0 bridgehead atoms. The van der Waals surface area contributed by atoms with Crippen LogP contribution >= 0.6 is 22.9 Å². The molecular formula is C28H30ClN3O2S. The van der Waals surface area contributed by atoms with Crippen molar-refractivity contribution in [3.63, 3.8) is 0 Å². The lowest BCUT2D eigenvalue weighted by atomic mass is 9.92. The number of rotatable bonds is 4. The van der Waals surface area contributed by atoms with Crippen LogP contribution in [0.2, 0.25) is 5.02 Å². The summed E-state index contributed by atoms with van der Waals surface area (Å²) >= 11 is 8.07. The number of amides is 2. The number of nitrogens with zero attached hydrogens (tertiary/aromatic N) is 3. The summed E-state index contributed by atoms with van der Waals surface area (Å²) in [5.74, 6) is 0.0492. The van der Waals surface area contributed by atoms with E-state index in [1.807, 2.05) is 40.2 Å². The monoisotopic (exact) mass is 507 g/mol. The molecule has 182 valence electrons. The van der Waals surface area contributed by atoms with Crippen LogP contribution in [0.3, 0.4) is 0 Å². The van der Waals surface area contributed by atoms with Crippen molar-refractivity contribution in [3.05, 3.63) is 92.1 Å². The van der Waals surface area contributed by atoms with Crippen LogP contribution in [0, 0.1) is 6.92 Å². The third kappa shape index (κ3) is 4.88. The van der Waals surface area contributed by atoms with Crippen LogP contribution in [0.5, 0.6) is 0 Å². The third-order valence-corrected chi connectivity index (χ3v) is 8.47. The number of benzene rings is 2. The van der Waals surface area contributed by atoms with E-state index in [0.29, 0.717) is 36.8 Å². The molecule has 1 saturated heterocycles. The first-order valence-corrected chi connectivity index (χ1v) is 13.4. The van der Waals surface area contributed by atoms with Crippen LogP contribution in [-0.2, 0) is 11.2 Å². The van der Waals surface area contributed by atoms with Crippen molar-refractivity contribution in [2.75, 3.05) is 32.7 Å². The zero-order valence-corrected chi connectivity index (χ0v) is 21.7. The van der Waals surface area contributed by atoms with Gasteiger partial charge in [0.05, 0.1) is 23.2 Å². The van der Waals surface area contributed by atoms with Gasteiger partial charge in [0.15, 0.2) is 0 Å². The van der Waals surface area contributed by atoms with Crippen molar-refractivity contribution >= 4 is 34.8 Å². The molecular weight excluding hydrogens is 478 g/mol. The fourth-order valence-electron chi connectivity index (χ4n) is 5.23. The Morgan fingerprint density at radius 3 is 2.54 bits per heavy atom. The van der Waals surface area contributed by atoms with Crippen LogP contribution in [0.25, 0.3) is 0 Å². The standard InChI is InChI=1S/C28H30ClN3O2S/c1-19-7-9-21(10-8-19)27-23-12-16-35-25(23)11-13-31(27)18-26(33)30-14-15-32(20(2)17-30)28(34)22-5-3-4-6-24(22)29/h3-10,12,16,20,27H,11,13-15,17-18H2,1-2H3/t20-,27-/m1/s1. The molecule has 3 aromatic rings. The maximum Gasteiger partial charge on any atom is 0.255 e. The number of carbonyl (C=O) groups is 2. The van der Waals surface area contributed by atoms with E-state index >= 15 is 0 Å². The molecule has 7 heteroatoms. The molecule has 5 rings (SSSR count). The Hall–Kier alpha value is -2.67. The van der Waals surface area contributed by atoms with Crippen LogP contribution in [0.15, 0.2) is 60.0 Å². The summed E-state index contributed by atoms with van der Waals surface area (Å²) in [5, 5.41) is 2.62. The first-order valence-electron chi connectivity index (χ1n) is 12.1. The van der Waals surface area contributed by atoms with E-state index < -0.39 is 0 Å². The predicted octanol–water partition coefficient (Wildman–Crippen LogP) is 5.03. The third-order valence-electron chi connectivity index (χ3n) is 7.14. The number of halogens is 1. The maximum absolute atomic E-state index is 13.5. The Labute approximate surface area is 215 Å². The van der Waals surface area contributed by atoms with Crippen LogP contribution in [0.1, 0.15) is 44.9 Å². The molecule has 2 atom stereocenters. The summed E-state index contributed by atoms with van der Waals surface area (Å²) < 4.78 is 0. The average Bonchev–Trinajstić information content (AvgIpc) is 3.33. The highest BCUT2D eigenvalue weighted by Gasteiger charge is 2.35. The molecule has 3 heterocycles. The van der Waals surface area contributed by atoms with Gasteiger partial charge in [-0.15, -0.1) is 11.3 Å². The van der Waals surface area contributed by atoms with Crippen molar-refractivity contribution in [2.45, 2.75) is 32.4 Å². The van der Waals surface area contributed by atoms with Gasteiger partial charge in [-0.05, 0) is 55.0 Å². The largest absolute Gasteiger partial charge is 0.338 e. The van der Waals surface area contributed by atoms with Gasteiger partial charge in [-0.25, -0.2) is 0 Å². The first kappa shape index (κ1) is 24.0. The average molecular weight is 508 g/mol. The Morgan fingerprint density at radius 2 is 1.80 bits per heavy atom. The molecule has 2 amide bonds. The van der Waals surface area contributed by atoms with Crippen LogP contribution in [-0.4, -0.2) is 65.3 Å². The molecule has 5 nitrogen and oxygen atoms in total. The second kappa shape index (κ2) is 10.1. The number of piperazine rings is 1. The molecule has 0 saturated carbocycles. The SMILES string of the molecule is Cc1ccc([C@@H]2c3ccsc3CCN2CC(=O)N2CCN(C(=O)c3ccccc3Cl)[C@H](C)C2)cc1. The molecule has 1 aromatic heterocycles. The van der Waals surface area contributed by atoms with E-state index in [1.165, 1.54) is 21.6 Å². The first-order chi connectivity index (χ1) is 16.9. The summed E-state index contributed by atoms with van der Waals surface area (Å²) in [6.45, 7) is 6.90. The molecule has 0 spiro atoms. The maximum atomic E-state index is 13.5. The highest BCUT2D eigenvalue weighted by molar-refractivity contribution is 7.10. The summed E-state index contributed by atoms with van der Waals surface area (Å²) in [6.07, 6.45) is 0.971. The van der Waals surface area contributed by atoms with Gasteiger partial charge in [0.2, 0.25) is 5.91 Å². The van der Waals surface area contributed by atoms with Crippen molar-refractivity contribution in [1.82, 2.24) is 14.7 Å². The van der Waals surface area contributed by atoms with E-state index in [4.69, 9.17) is 11.6 Å². The predicted molar refractivity (Wildman–Crippen MR) is 141 cm³/mol. The highest BCUT2D eigenvalue weighted by atomic mass is 35.5. The number of hydrogen-bond donors (Lipinski definition) is 0. The van der Waals surface area contributed by atoms with Gasteiger partial charge < -0.3 is 9.80 Å². The van der Waals surface area contributed by atoms with Gasteiger partial charge in [0.1, 0.15) is 0 Å². The van der Waals surface area contributed by atoms with E-state index in [-0.39, 0.29) is 23.9 Å². The quantitative estimate of drug-likeness (QED) is 0.497. The minimum atomic E-state index is -0.0748. The highest BCUT2D eigenvalue weighted by Crippen LogP contribution is 2.37. The van der Waals surface area contributed by atoms with Gasteiger partial charge in [-0.3, -0.25) is 14.5 Å². The lowest BCUT2D eigenvalue weighted by Gasteiger charge is -2.42. The smallest absolute Gasteiger partial charge is 0.255 e. The second-order valence-electron chi connectivity index (χ2n) is 9.50. The molecule has 2 aromatic carbocycles. The summed E-state index contributed by atoms with van der Waals surface area (Å²) in [4.78, 5) is 34.0. The number of fused-ring (bicyclic) bond motifs is 1. The number of aryl methyl sites for hydroxylation is 1. The van der Waals surface area contributed by atoms with Crippen molar-refractivity contribution in [1.29, 1.82) is 0 Å². The van der Waals surface area contributed by atoms with Crippen molar-refractivity contribution in [3.8, 4) is 0 Å². The summed E-state index contributed by atoms with van der Waals surface area (Å²) in [7, 11) is 0. The molecule has 35 heavy (non-hydrogen) atoms. The second-order valence-corrected chi connectivity index (χ2v) is 10.9. The molecule has 2 aliphatic heterocycles. The van der Waals surface area contributed by atoms with E-state index in [0.717, 1.165) is 13.0 Å². The van der Waals surface area contributed by atoms with Crippen LogP contribution in [0.4, 0.5) is 0 Å². The van der Waals surface area contributed by atoms with Crippen molar-refractivity contribution in [2.24, 2.45) is 0 Å². The van der Waals surface area contributed by atoms with E-state index in [1.54, 1.807) is 12.1 Å². The zero-order chi connectivity index (χ0) is 24.5. The van der Waals surface area contributed by atoms with Gasteiger partial charge >= 0.3 is 0 Å². The fraction of sp³-hybridized carbons (Fsp3) is 0.357. The molecule has 0 unspecified atom stereocenters. The fourth-order valence-corrected chi connectivity index (χ4v) is 6.35. The number of thiophene rings is 1. The van der Waals surface area contributed by atoms with Crippen LogP contribution < -0.4 is 0 Å². The lowest BCUT2D eigenvalue weighted by Crippen LogP contribution is -2.57. The van der Waals surface area contributed by atoms with Gasteiger partial charge in [-0.1, -0.05) is 53.6 Å². The topological polar surface area (TPSA) is 43.9 Å². The molecule has 0 radical (unpaired) electrons. The Balaban J connectivity index is 1.28. The lowest BCUT2D eigenvalue weighted by molar-refractivity contribution is -0.135. The molecule has 2 aliphatic rings. The molecule has 0 aliphatic carbocycles. The summed E-state index contributed by atoms with van der Waals surface area (Å²) in [6, 6.07) is 18.0. The molecule has 1 fully saturated rings. The van der Waals surface area contributed by atoms with Gasteiger partial charge in [-0.2, -0.15) is 0 Å².